The maximum absolute atomic E-state index is 12.7. The summed E-state index contributed by atoms with van der Waals surface area (Å²) in [5.41, 5.74) is -1.91. The van der Waals surface area contributed by atoms with Crippen LogP contribution in [0.3, 0.4) is 0 Å². The zero-order chi connectivity index (χ0) is 16.8. The second-order valence-electron chi connectivity index (χ2n) is 5.27. The summed E-state index contributed by atoms with van der Waals surface area (Å²) in [6, 6.07) is 3.28. The highest BCUT2D eigenvalue weighted by Gasteiger charge is 2.37. The molecule has 122 valence electrons. The molecule has 0 amide bonds. The van der Waals surface area contributed by atoms with Gasteiger partial charge in [-0.25, -0.2) is 0 Å². The molecule has 0 fully saturated rings. The van der Waals surface area contributed by atoms with Crippen LogP contribution in [0, 0.1) is 0 Å². The monoisotopic (exact) mass is 344 g/mol. The number of benzene rings is 1. The van der Waals surface area contributed by atoms with Crippen LogP contribution in [-0.2, 0) is 10.9 Å². The zero-order valence-electron chi connectivity index (χ0n) is 11.8. The highest BCUT2D eigenvalue weighted by Crippen LogP contribution is 2.49. The van der Waals surface area contributed by atoms with Crippen molar-refractivity contribution in [3.8, 4) is 5.75 Å². The molecule has 0 radical (unpaired) electrons. The Balaban J connectivity index is 1.97. The van der Waals surface area contributed by atoms with Gasteiger partial charge in [-0.2, -0.15) is 13.2 Å². The van der Waals surface area contributed by atoms with Gasteiger partial charge in [0.2, 0.25) is 0 Å². The van der Waals surface area contributed by atoms with E-state index in [1.807, 2.05) is 0 Å². The summed E-state index contributed by atoms with van der Waals surface area (Å²) in [6.45, 7) is 1.82. The van der Waals surface area contributed by atoms with Crippen LogP contribution in [-0.4, -0.2) is 16.6 Å². The van der Waals surface area contributed by atoms with Crippen molar-refractivity contribution in [3.63, 3.8) is 0 Å². The van der Waals surface area contributed by atoms with Crippen LogP contribution in [0.15, 0.2) is 38.9 Å². The molecular weight excluding hydrogens is 333 g/mol. The number of rotatable bonds is 1. The van der Waals surface area contributed by atoms with E-state index in [0.29, 0.717) is 10.6 Å². The lowest BCUT2D eigenvalue weighted by atomic mass is 10.1. The minimum Gasteiger partial charge on any atom is -0.491 e. The second kappa shape index (κ2) is 5.19. The van der Waals surface area contributed by atoms with Crippen LogP contribution in [0.5, 0.6) is 5.75 Å². The fraction of sp³-hybridized carbons (Fsp3) is 0.286. The number of ether oxygens (including phenoxy) is 1. The van der Waals surface area contributed by atoms with Gasteiger partial charge in [0.1, 0.15) is 12.4 Å². The SMILES string of the molecule is C[C@@]1(c2c[nH]c(=O)c(=O)[nH]2)COc2cc(C(F)(F)F)ccc2S1. The molecule has 0 aliphatic carbocycles. The molecule has 1 aromatic heterocycles. The standard InChI is InChI=1S/C14H11F3N2O3S/c1-13(10-5-18-11(20)12(21)19-10)6-22-8-4-7(14(15,16)17)2-3-9(8)23-13/h2-5H,6H2,1H3,(H,18,20)(H,19,21)/t13-/m0/s1. The topological polar surface area (TPSA) is 75.0 Å². The van der Waals surface area contributed by atoms with Gasteiger partial charge >= 0.3 is 17.3 Å². The Bertz CT molecular complexity index is 875. The van der Waals surface area contributed by atoms with E-state index in [-0.39, 0.29) is 12.4 Å². The number of H-pyrrole nitrogens is 2. The van der Waals surface area contributed by atoms with E-state index in [4.69, 9.17) is 4.74 Å². The summed E-state index contributed by atoms with van der Waals surface area (Å²) >= 11 is 1.26. The molecule has 0 unspecified atom stereocenters. The van der Waals surface area contributed by atoms with E-state index in [2.05, 4.69) is 9.97 Å². The smallest absolute Gasteiger partial charge is 0.416 e. The van der Waals surface area contributed by atoms with Crippen molar-refractivity contribution >= 4 is 11.8 Å². The Hall–Kier alpha value is -2.16. The third kappa shape index (κ3) is 2.88. The molecule has 1 aliphatic heterocycles. The first-order valence-corrected chi connectivity index (χ1v) is 7.36. The molecule has 3 rings (SSSR count). The molecule has 9 heteroatoms. The molecule has 23 heavy (non-hydrogen) atoms. The van der Waals surface area contributed by atoms with E-state index in [9.17, 15) is 22.8 Å². The number of hydrogen-bond acceptors (Lipinski definition) is 4. The summed E-state index contributed by atoms with van der Waals surface area (Å²) in [6.07, 6.45) is -3.07. The van der Waals surface area contributed by atoms with Crippen molar-refractivity contribution in [2.75, 3.05) is 6.61 Å². The van der Waals surface area contributed by atoms with Crippen molar-refractivity contribution < 1.29 is 17.9 Å². The van der Waals surface area contributed by atoms with E-state index in [0.717, 1.165) is 12.1 Å². The first kappa shape index (κ1) is 15.7. The lowest BCUT2D eigenvalue weighted by Crippen LogP contribution is -2.37. The molecule has 2 N–H and O–H groups in total. The van der Waals surface area contributed by atoms with Gasteiger partial charge in [0.05, 0.1) is 20.9 Å². The molecule has 2 aromatic rings. The maximum atomic E-state index is 12.7. The Morgan fingerprint density at radius 1 is 1.26 bits per heavy atom. The summed E-state index contributed by atoms with van der Waals surface area (Å²) in [5, 5.41) is 0. The lowest BCUT2D eigenvalue weighted by Gasteiger charge is -2.34. The molecule has 0 spiro atoms. The van der Waals surface area contributed by atoms with Gasteiger partial charge < -0.3 is 14.7 Å². The molecule has 1 atom stereocenters. The van der Waals surface area contributed by atoms with Crippen molar-refractivity contribution in [1.82, 2.24) is 9.97 Å². The number of nitrogens with one attached hydrogen (secondary N) is 2. The molecule has 0 saturated heterocycles. The highest BCUT2D eigenvalue weighted by molar-refractivity contribution is 8.00. The molecule has 1 aliphatic rings. The van der Waals surface area contributed by atoms with Crippen LogP contribution in [0.25, 0.3) is 0 Å². The molecule has 1 aromatic carbocycles. The Kier molecular flexibility index (Phi) is 3.55. The number of aromatic nitrogens is 2. The summed E-state index contributed by atoms with van der Waals surface area (Å²) in [5.74, 6) is 0.147. The number of halogens is 3. The predicted octanol–water partition coefficient (Wildman–Crippen LogP) is 2.48. The van der Waals surface area contributed by atoms with Crippen LogP contribution in [0.4, 0.5) is 13.2 Å². The van der Waals surface area contributed by atoms with E-state index in [1.54, 1.807) is 6.92 Å². The lowest BCUT2D eigenvalue weighted by molar-refractivity contribution is -0.137. The first-order chi connectivity index (χ1) is 10.7. The third-order valence-electron chi connectivity index (χ3n) is 3.48. The second-order valence-corrected chi connectivity index (χ2v) is 6.81. The van der Waals surface area contributed by atoms with Gasteiger partial charge in [0.15, 0.2) is 0 Å². The number of fused-ring (bicyclic) bond motifs is 1. The van der Waals surface area contributed by atoms with Gasteiger partial charge in [-0.3, -0.25) is 9.59 Å². The average Bonchev–Trinajstić information content (AvgIpc) is 2.48. The fourth-order valence-corrected chi connectivity index (χ4v) is 3.38. The minimum atomic E-state index is -4.44. The molecule has 0 bridgehead atoms. The van der Waals surface area contributed by atoms with E-state index in [1.165, 1.54) is 24.0 Å². The van der Waals surface area contributed by atoms with Crippen molar-refractivity contribution in [2.24, 2.45) is 0 Å². The predicted molar refractivity (Wildman–Crippen MR) is 77.8 cm³/mol. The highest BCUT2D eigenvalue weighted by atomic mass is 32.2. The molecule has 0 saturated carbocycles. The molecular formula is C14H11F3N2O3S. The van der Waals surface area contributed by atoms with Crippen molar-refractivity contribution in [1.29, 1.82) is 0 Å². The van der Waals surface area contributed by atoms with Crippen LogP contribution < -0.4 is 15.9 Å². The van der Waals surface area contributed by atoms with Gasteiger partial charge in [-0.05, 0) is 25.1 Å². The van der Waals surface area contributed by atoms with Crippen molar-refractivity contribution in [3.05, 3.63) is 56.4 Å². The van der Waals surface area contributed by atoms with Gasteiger partial charge in [0.25, 0.3) is 0 Å². The third-order valence-corrected chi connectivity index (χ3v) is 4.83. The number of aromatic amines is 2. The van der Waals surface area contributed by atoms with Gasteiger partial charge in [-0.15, -0.1) is 11.8 Å². The number of thioether (sulfide) groups is 1. The van der Waals surface area contributed by atoms with E-state index < -0.39 is 27.6 Å². The quantitative estimate of drug-likeness (QED) is 0.780. The largest absolute Gasteiger partial charge is 0.491 e. The summed E-state index contributed by atoms with van der Waals surface area (Å²) < 4.78 is 42.9. The molecule has 5 nitrogen and oxygen atoms in total. The van der Waals surface area contributed by atoms with Crippen molar-refractivity contribution in [2.45, 2.75) is 22.7 Å². The first-order valence-electron chi connectivity index (χ1n) is 6.55. The normalized spacial score (nSPS) is 20.7. The minimum absolute atomic E-state index is 0.0496. The summed E-state index contributed by atoms with van der Waals surface area (Å²) in [4.78, 5) is 27.9. The Labute approximate surface area is 131 Å². The fourth-order valence-electron chi connectivity index (χ4n) is 2.21. The molecule has 2 heterocycles. The number of hydrogen-bond donors (Lipinski definition) is 2. The van der Waals surface area contributed by atoms with E-state index >= 15 is 0 Å². The average molecular weight is 344 g/mol. The maximum Gasteiger partial charge on any atom is 0.416 e. The summed E-state index contributed by atoms with van der Waals surface area (Å²) in [7, 11) is 0. The Morgan fingerprint density at radius 3 is 2.65 bits per heavy atom. The van der Waals surface area contributed by atoms with Gasteiger partial charge in [0, 0.05) is 6.20 Å². The zero-order valence-corrected chi connectivity index (χ0v) is 12.6. The number of alkyl halides is 3. The van der Waals surface area contributed by atoms with Gasteiger partial charge in [-0.1, -0.05) is 0 Å². The Morgan fingerprint density at radius 2 is 2.00 bits per heavy atom. The van der Waals surface area contributed by atoms with Crippen LogP contribution >= 0.6 is 11.8 Å². The van der Waals surface area contributed by atoms with Crippen LogP contribution in [0.1, 0.15) is 18.2 Å². The van der Waals surface area contributed by atoms with Crippen LogP contribution in [0.2, 0.25) is 0 Å².